The highest BCUT2D eigenvalue weighted by Gasteiger charge is 2.21. The quantitative estimate of drug-likeness (QED) is 0.127. The van der Waals surface area contributed by atoms with Crippen LogP contribution < -0.4 is 5.32 Å². The molecule has 3 nitrogen and oxygen atoms in total. The molecule has 0 bridgehead atoms. The van der Waals surface area contributed by atoms with E-state index in [2.05, 4.69) is 186 Å². The fourth-order valence-electron chi connectivity index (χ4n) is 8.13. The summed E-state index contributed by atoms with van der Waals surface area (Å²) in [7, 11) is 0. The molecule has 0 aliphatic rings. The number of anilines is 2. The van der Waals surface area contributed by atoms with Crippen molar-refractivity contribution < 1.29 is 0 Å². The first-order chi connectivity index (χ1) is 26.7. The van der Waals surface area contributed by atoms with E-state index in [1.165, 1.54) is 50.0 Å². The van der Waals surface area contributed by atoms with Crippen LogP contribution in [0.2, 0.25) is 0 Å². The lowest BCUT2D eigenvalue weighted by Gasteiger charge is -2.15. The molecule has 0 aliphatic heterocycles. The number of hydrogen-bond acceptors (Lipinski definition) is 2. The van der Waals surface area contributed by atoms with Gasteiger partial charge in [0, 0.05) is 45.0 Å². The zero-order valence-corrected chi connectivity index (χ0v) is 29.5. The number of aromatic nitrogens is 1. The molecule has 2 N–H and O–H groups in total. The van der Waals surface area contributed by atoms with E-state index in [9.17, 15) is 0 Å². The predicted molar refractivity (Wildman–Crippen MR) is 230 cm³/mol. The summed E-state index contributed by atoms with van der Waals surface area (Å²) in [5.74, 6) is 0. The van der Waals surface area contributed by atoms with Crippen LogP contribution in [-0.2, 0) is 0 Å². The second-order valence-electron chi connectivity index (χ2n) is 13.8. The third-order valence-corrected chi connectivity index (χ3v) is 10.6. The van der Waals surface area contributed by atoms with Crippen LogP contribution in [0, 0.1) is 5.41 Å². The molecule has 0 saturated carbocycles. The highest BCUT2D eigenvalue weighted by Crippen LogP contribution is 2.43. The summed E-state index contributed by atoms with van der Waals surface area (Å²) in [6, 6.07) is 69.2. The molecule has 0 saturated heterocycles. The molecule has 0 amide bonds. The van der Waals surface area contributed by atoms with Gasteiger partial charge in [-0.2, -0.15) is 0 Å². The van der Waals surface area contributed by atoms with Crippen molar-refractivity contribution in [3.05, 3.63) is 200 Å². The Morgan fingerprint density at radius 2 is 1.02 bits per heavy atom. The average Bonchev–Trinajstić information content (AvgIpc) is 3.59. The lowest BCUT2D eigenvalue weighted by atomic mass is 9.93. The van der Waals surface area contributed by atoms with Gasteiger partial charge in [-0.1, -0.05) is 140 Å². The maximum Gasteiger partial charge on any atom is 0.0625 e. The monoisotopic (exact) mass is 689 g/mol. The first kappa shape index (κ1) is 31.5. The highest BCUT2D eigenvalue weighted by molar-refractivity contribution is 6.28. The van der Waals surface area contributed by atoms with E-state index in [4.69, 9.17) is 5.41 Å². The van der Waals surface area contributed by atoms with Crippen LogP contribution >= 0.6 is 0 Å². The molecule has 9 aromatic carbocycles. The third-order valence-electron chi connectivity index (χ3n) is 10.6. The molecule has 1 aromatic heterocycles. The molecular formula is C51H35N3. The molecule has 0 unspecified atom stereocenters. The van der Waals surface area contributed by atoms with E-state index in [1.807, 2.05) is 18.2 Å². The van der Waals surface area contributed by atoms with Gasteiger partial charge in [0.15, 0.2) is 0 Å². The Morgan fingerprint density at radius 1 is 0.426 bits per heavy atom. The van der Waals surface area contributed by atoms with Gasteiger partial charge in [-0.15, -0.1) is 0 Å². The van der Waals surface area contributed by atoms with Gasteiger partial charge in [0.05, 0.1) is 11.0 Å². The number of rotatable bonds is 7. The van der Waals surface area contributed by atoms with Crippen molar-refractivity contribution >= 4 is 60.9 Å². The summed E-state index contributed by atoms with van der Waals surface area (Å²) in [5.41, 5.74) is 13.0. The Bertz CT molecular complexity index is 2960. The number of para-hydroxylation sites is 1. The molecule has 0 atom stereocenters. The molecule has 3 heteroatoms. The molecule has 54 heavy (non-hydrogen) atoms. The van der Waals surface area contributed by atoms with Crippen LogP contribution in [0.25, 0.3) is 82.4 Å². The summed E-state index contributed by atoms with van der Waals surface area (Å²) < 4.78 is 2.42. The largest absolute Gasteiger partial charge is 0.355 e. The van der Waals surface area contributed by atoms with Gasteiger partial charge in [0.25, 0.3) is 0 Å². The van der Waals surface area contributed by atoms with E-state index in [1.54, 1.807) is 0 Å². The number of hydrogen-bond donors (Lipinski definition) is 2. The fraction of sp³-hybridized carbons (Fsp3) is 0. The zero-order chi connectivity index (χ0) is 36.0. The molecular weight excluding hydrogens is 655 g/mol. The molecule has 0 radical (unpaired) electrons. The van der Waals surface area contributed by atoms with E-state index in [-0.39, 0.29) is 0 Å². The average molecular weight is 690 g/mol. The Labute approximate surface area is 313 Å². The topological polar surface area (TPSA) is 40.8 Å². The molecule has 0 fully saturated rings. The smallest absolute Gasteiger partial charge is 0.0625 e. The Kier molecular flexibility index (Phi) is 7.63. The summed E-state index contributed by atoms with van der Waals surface area (Å²) in [6.45, 7) is 0. The summed E-state index contributed by atoms with van der Waals surface area (Å²) in [6.07, 6.45) is 1.50. The first-order valence-corrected chi connectivity index (χ1v) is 18.3. The number of benzene rings is 9. The van der Waals surface area contributed by atoms with Crippen molar-refractivity contribution in [1.29, 1.82) is 5.41 Å². The molecule has 0 spiro atoms. The van der Waals surface area contributed by atoms with Crippen LogP contribution in [0.15, 0.2) is 194 Å². The predicted octanol–water partition coefficient (Wildman–Crippen LogP) is 13.8. The van der Waals surface area contributed by atoms with Crippen molar-refractivity contribution in [3.63, 3.8) is 0 Å². The van der Waals surface area contributed by atoms with Gasteiger partial charge < -0.3 is 15.3 Å². The summed E-state index contributed by atoms with van der Waals surface area (Å²) >= 11 is 0. The van der Waals surface area contributed by atoms with Crippen molar-refractivity contribution in [2.45, 2.75) is 0 Å². The number of nitrogens with one attached hydrogen (secondary N) is 2. The van der Waals surface area contributed by atoms with Crippen LogP contribution in [0.1, 0.15) is 5.56 Å². The zero-order valence-electron chi connectivity index (χ0n) is 29.5. The van der Waals surface area contributed by atoms with Crippen molar-refractivity contribution in [3.8, 4) is 39.1 Å². The standard InChI is InChI=1S/C51H35N3/c52-33-46-47(53-42-19-8-3-9-20-42)27-28-48-50(46)45-26-25-37-24-23-36-17-10-11-22-44(36)49(37)51(45)54(48)43-21-12-18-38(32-43)41-30-39(34-13-4-1-5-14-34)29-40(31-41)35-15-6-2-7-16-35/h1-33,52-53H. The number of fused-ring (bicyclic) bond motifs is 7. The van der Waals surface area contributed by atoms with Gasteiger partial charge in [-0.3, -0.25) is 0 Å². The minimum absolute atomic E-state index is 0.860. The minimum atomic E-state index is 0.860. The van der Waals surface area contributed by atoms with Gasteiger partial charge in [0.1, 0.15) is 0 Å². The fourth-order valence-corrected chi connectivity index (χ4v) is 8.13. The lowest BCUT2D eigenvalue weighted by Crippen LogP contribution is -1.98. The maximum atomic E-state index is 8.77. The Hall–Kier alpha value is -7.23. The van der Waals surface area contributed by atoms with Crippen molar-refractivity contribution in [1.82, 2.24) is 4.57 Å². The molecule has 0 aliphatic carbocycles. The van der Waals surface area contributed by atoms with E-state index in [0.29, 0.717) is 0 Å². The lowest BCUT2D eigenvalue weighted by molar-refractivity contribution is 1.19. The normalized spacial score (nSPS) is 11.4. The summed E-state index contributed by atoms with van der Waals surface area (Å²) in [5, 5.41) is 19.3. The highest BCUT2D eigenvalue weighted by atomic mass is 15.0. The molecule has 10 rings (SSSR count). The van der Waals surface area contributed by atoms with Gasteiger partial charge in [0.2, 0.25) is 0 Å². The number of nitrogens with zero attached hydrogens (tertiary/aromatic N) is 1. The maximum absolute atomic E-state index is 8.77. The van der Waals surface area contributed by atoms with Crippen molar-refractivity contribution in [2.75, 3.05) is 5.32 Å². The molecule has 254 valence electrons. The second kappa shape index (κ2) is 13.1. The molecule has 10 aromatic rings. The van der Waals surface area contributed by atoms with Gasteiger partial charge in [-0.05, 0) is 104 Å². The summed E-state index contributed by atoms with van der Waals surface area (Å²) in [4.78, 5) is 0. The SMILES string of the molecule is N=Cc1c(Nc2ccccc2)ccc2c1c1ccc3ccc4ccccc4c3c1n2-c1cccc(-c2cc(-c3ccccc3)cc(-c3ccccc3)c2)c1. The van der Waals surface area contributed by atoms with Gasteiger partial charge >= 0.3 is 0 Å². The van der Waals surface area contributed by atoms with Crippen molar-refractivity contribution in [2.24, 2.45) is 0 Å². The van der Waals surface area contributed by atoms with Crippen LogP contribution in [0.4, 0.5) is 11.4 Å². The van der Waals surface area contributed by atoms with E-state index in [0.717, 1.165) is 55.6 Å². The Morgan fingerprint density at radius 3 is 1.72 bits per heavy atom. The minimum Gasteiger partial charge on any atom is -0.355 e. The third kappa shape index (κ3) is 5.34. The first-order valence-electron chi connectivity index (χ1n) is 18.3. The Balaban J connectivity index is 1.26. The van der Waals surface area contributed by atoms with Crippen LogP contribution in [0.3, 0.4) is 0 Å². The van der Waals surface area contributed by atoms with E-state index >= 15 is 0 Å². The van der Waals surface area contributed by atoms with Gasteiger partial charge in [-0.25, -0.2) is 0 Å². The van der Waals surface area contributed by atoms with E-state index < -0.39 is 0 Å². The van der Waals surface area contributed by atoms with Crippen LogP contribution in [-0.4, -0.2) is 10.8 Å². The molecule has 1 heterocycles. The van der Waals surface area contributed by atoms with Crippen LogP contribution in [0.5, 0.6) is 0 Å². The second-order valence-corrected chi connectivity index (χ2v) is 13.8.